The number of nitrogens with one attached hydrogen (secondary N) is 1. The lowest BCUT2D eigenvalue weighted by Gasteiger charge is -2.39. The molecule has 0 aromatic rings. The summed E-state index contributed by atoms with van der Waals surface area (Å²) in [5, 5.41) is 3.54. The lowest BCUT2D eigenvalue weighted by molar-refractivity contribution is -0.142. The van der Waals surface area contributed by atoms with E-state index < -0.39 is 8.32 Å². The van der Waals surface area contributed by atoms with Crippen molar-refractivity contribution in [2.75, 3.05) is 7.11 Å². The molecule has 0 aliphatic carbocycles. The van der Waals surface area contributed by atoms with E-state index in [1.807, 2.05) is 6.08 Å². The normalized spacial score (nSPS) is 26.7. The fourth-order valence-corrected chi connectivity index (χ4v) is 3.76. The fraction of sp³-hybridized carbons (Fsp3) is 0.812. The zero-order valence-corrected chi connectivity index (χ0v) is 15.4. The summed E-state index contributed by atoms with van der Waals surface area (Å²) < 4.78 is 11.4. The van der Waals surface area contributed by atoms with Crippen molar-refractivity contribution >= 4 is 14.3 Å². The van der Waals surface area contributed by atoms with E-state index in [1.165, 1.54) is 7.11 Å². The van der Waals surface area contributed by atoms with Gasteiger partial charge < -0.3 is 9.16 Å². The molecule has 1 N–H and O–H groups in total. The molecule has 1 saturated heterocycles. The maximum absolute atomic E-state index is 11.8. The van der Waals surface area contributed by atoms with E-state index in [0.717, 1.165) is 12.8 Å². The minimum Gasteiger partial charge on any atom is -0.468 e. The number of esters is 1. The molecule has 21 heavy (non-hydrogen) atoms. The summed E-state index contributed by atoms with van der Waals surface area (Å²) in [7, 11) is -0.408. The molecular formula is C16H31NO3Si. The predicted molar refractivity (Wildman–Crippen MR) is 88.8 cm³/mol. The highest BCUT2D eigenvalue weighted by Gasteiger charge is 2.45. The zero-order valence-electron chi connectivity index (χ0n) is 14.4. The summed E-state index contributed by atoms with van der Waals surface area (Å²) in [6.07, 6.45) is 4.55. The van der Waals surface area contributed by atoms with Crippen LogP contribution in [0, 0.1) is 0 Å². The Bertz CT molecular complexity index is 376. The first-order valence-corrected chi connectivity index (χ1v) is 10.7. The van der Waals surface area contributed by atoms with Gasteiger partial charge in [0.2, 0.25) is 0 Å². The molecule has 0 saturated carbocycles. The van der Waals surface area contributed by atoms with Crippen LogP contribution < -0.4 is 5.32 Å². The van der Waals surface area contributed by atoms with Crippen molar-refractivity contribution in [3.05, 3.63) is 12.7 Å². The van der Waals surface area contributed by atoms with E-state index in [0.29, 0.717) is 6.42 Å². The molecule has 122 valence electrons. The van der Waals surface area contributed by atoms with Gasteiger partial charge in [0.1, 0.15) is 6.04 Å². The van der Waals surface area contributed by atoms with E-state index in [2.05, 4.69) is 45.8 Å². The zero-order chi connectivity index (χ0) is 16.3. The molecule has 4 nitrogen and oxygen atoms in total. The number of allylic oxidation sites excluding steroid dienone is 1. The smallest absolute Gasteiger partial charge is 0.322 e. The van der Waals surface area contributed by atoms with Crippen LogP contribution in [0.15, 0.2) is 12.7 Å². The van der Waals surface area contributed by atoms with Gasteiger partial charge in [0, 0.05) is 6.04 Å². The SMILES string of the molecule is C=CCC[C@@H]1N[C@H](C(=O)OC)C[C@@H]1O[Si](C)(C)C(C)(C)C. The minimum atomic E-state index is -1.84. The van der Waals surface area contributed by atoms with Gasteiger partial charge in [0.25, 0.3) is 0 Å². The third-order valence-corrected chi connectivity index (χ3v) is 9.26. The van der Waals surface area contributed by atoms with E-state index >= 15 is 0 Å². The summed E-state index contributed by atoms with van der Waals surface area (Å²) in [6.45, 7) is 15.0. The fourth-order valence-electron chi connectivity index (χ4n) is 2.39. The van der Waals surface area contributed by atoms with E-state index in [1.54, 1.807) is 0 Å². The van der Waals surface area contributed by atoms with E-state index in [9.17, 15) is 4.79 Å². The highest BCUT2D eigenvalue weighted by atomic mass is 28.4. The van der Waals surface area contributed by atoms with Crippen LogP contribution in [-0.4, -0.2) is 39.6 Å². The molecule has 0 unspecified atom stereocenters. The van der Waals surface area contributed by atoms with Crippen LogP contribution in [0.1, 0.15) is 40.0 Å². The van der Waals surface area contributed by atoms with Crippen LogP contribution >= 0.6 is 0 Å². The Labute approximate surface area is 130 Å². The molecule has 0 spiro atoms. The molecule has 0 aromatic heterocycles. The quantitative estimate of drug-likeness (QED) is 0.464. The van der Waals surface area contributed by atoms with Gasteiger partial charge in [-0.1, -0.05) is 26.8 Å². The number of ether oxygens (including phenoxy) is 1. The van der Waals surface area contributed by atoms with Gasteiger partial charge in [-0.15, -0.1) is 6.58 Å². The number of rotatable bonds is 6. The summed E-state index contributed by atoms with van der Waals surface area (Å²) >= 11 is 0. The van der Waals surface area contributed by atoms with Crippen molar-refractivity contribution in [3.63, 3.8) is 0 Å². The number of hydrogen-bond acceptors (Lipinski definition) is 4. The second-order valence-corrected chi connectivity index (χ2v) is 12.1. The molecule has 1 heterocycles. The van der Waals surface area contributed by atoms with Crippen molar-refractivity contribution in [1.82, 2.24) is 5.32 Å². The minimum absolute atomic E-state index is 0.0786. The number of hydrogen-bond donors (Lipinski definition) is 1. The molecule has 0 radical (unpaired) electrons. The average molecular weight is 314 g/mol. The number of carbonyl (C=O) groups excluding carboxylic acids is 1. The van der Waals surface area contributed by atoms with Gasteiger partial charge in [0.05, 0.1) is 13.2 Å². The molecule has 0 amide bonds. The second-order valence-electron chi connectivity index (χ2n) is 7.37. The molecule has 0 bridgehead atoms. The first-order valence-electron chi connectivity index (χ1n) is 7.75. The first kappa shape index (κ1) is 18.4. The Morgan fingerprint density at radius 3 is 2.52 bits per heavy atom. The summed E-state index contributed by atoms with van der Waals surface area (Å²) in [5.74, 6) is -0.195. The molecule has 1 aliphatic heterocycles. The molecule has 1 rings (SSSR count). The molecule has 0 aromatic carbocycles. The van der Waals surface area contributed by atoms with Crippen LogP contribution in [0.3, 0.4) is 0 Å². The molecular weight excluding hydrogens is 282 g/mol. The van der Waals surface area contributed by atoms with Crippen LogP contribution in [0.4, 0.5) is 0 Å². The summed E-state index contributed by atoms with van der Waals surface area (Å²) in [4.78, 5) is 11.8. The second kappa shape index (κ2) is 7.07. The Kier molecular flexibility index (Phi) is 6.19. The Hall–Kier alpha value is -0.653. The molecule has 3 atom stereocenters. The van der Waals surface area contributed by atoms with Crippen molar-refractivity contribution in [2.45, 2.75) is 76.4 Å². The van der Waals surface area contributed by atoms with Crippen molar-refractivity contribution in [1.29, 1.82) is 0 Å². The number of carbonyl (C=O) groups is 1. The largest absolute Gasteiger partial charge is 0.468 e. The first-order chi connectivity index (χ1) is 9.62. The standard InChI is InChI=1S/C16H31NO3Si/c1-8-9-10-12-14(11-13(17-12)15(18)19-5)20-21(6,7)16(2,3)4/h8,12-14,17H,1,9-11H2,2-7H3/t12-,13-,14-/m0/s1. The summed E-state index contributed by atoms with van der Waals surface area (Å²) in [6, 6.07) is -0.0548. The van der Waals surface area contributed by atoms with Crippen LogP contribution in [0.5, 0.6) is 0 Å². The highest BCUT2D eigenvalue weighted by molar-refractivity contribution is 6.74. The molecule has 1 aliphatic rings. The predicted octanol–water partition coefficient (Wildman–Crippen LogP) is 3.25. The maximum atomic E-state index is 11.8. The van der Waals surface area contributed by atoms with Crippen molar-refractivity contribution in [2.24, 2.45) is 0 Å². The monoisotopic (exact) mass is 313 g/mol. The third-order valence-electron chi connectivity index (χ3n) is 4.75. The maximum Gasteiger partial charge on any atom is 0.322 e. The van der Waals surface area contributed by atoms with Gasteiger partial charge in [-0.3, -0.25) is 10.1 Å². The van der Waals surface area contributed by atoms with E-state index in [-0.39, 0.29) is 29.2 Å². The Morgan fingerprint density at radius 1 is 1.43 bits per heavy atom. The van der Waals surface area contributed by atoms with Gasteiger partial charge in [-0.2, -0.15) is 0 Å². The van der Waals surface area contributed by atoms with Gasteiger partial charge in [-0.25, -0.2) is 0 Å². The lowest BCUT2D eigenvalue weighted by atomic mass is 10.1. The Morgan fingerprint density at radius 2 is 2.05 bits per heavy atom. The Balaban J connectivity index is 2.80. The topological polar surface area (TPSA) is 47.6 Å². The highest BCUT2D eigenvalue weighted by Crippen LogP contribution is 2.39. The number of methoxy groups -OCH3 is 1. The lowest BCUT2D eigenvalue weighted by Crippen LogP contribution is -2.47. The average Bonchev–Trinajstić information content (AvgIpc) is 2.76. The van der Waals surface area contributed by atoms with Gasteiger partial charge in [0.15, 0.2) is 8.32 Å². The van der Waals surface area contributed by atoms with Crippen LogP contribution in [0.25, 0.3) is 0 Å². The van der Waals surface area contributed by atoms with Crippen molar-refractivity contribution < 1.29 is 14.0 Å². The summed E-state index contributed by atoms with van der Waals surface area (Å²) in [5.41, 5.74) is 0. The van der Waals surface area contributed by atoms with Crippen LogP contribution in [0.2, 0.25) is 18.1 Å². The van der Waals surface area contributed by atoms with Crippen molar-refractivity contribution in [3.8, 4) is 0 Å². The molecule has 1 fully saturated rings. The van der Waals surface area contributed by atoms with Gasteiger partial charge in [-0.05, 0) is 37.4 Å². The van der Waals surface area contributed by atoms with Gasteiger partial charge >= 0.3 is 5.97 Å². The third kappa shape index (κ3) is 4.66. The molecule has 5 heteroatoms. The van der Waals surface area contributed by atoms with Crippen LogP contribution in [-0.2, 0) is 14.0 Å². The van der Waals surface area contributed by atoms with E-state index in [4.69, 9.17) is 9.16 Å².